The molecule has 2 amide bonds. The highest BCUT2D eigenvalue weighted by Gasteiger charge is 2.13. The Labute approximate surface area is 152 Å². The molecule has 0 bridgehead atoms. The fourth-order valence-electron chi connectivity index (χ4n) is 2.06. The maximum atomic E-state index is 11.9. The highest BCUT2D eigenvalue weighted by atomic mass is 35.5. The Morgan fingerprint density at radius 3 is 2.32 bits per heavy atom. The van der Waals surface area contributed by atoms with Gasteiger partial charge in [0.25, 0.3) is 11.8 Å². The largest absolute Gasteiger partial charge is 0.484 e. The minimum absolute atomic E-state index is 0.0561. The molecule has 2 aromatic carbocycles. The first-order chi connectivity index (χ1) is 11.8. The molecule has 0 saturated carbocycles. The van der Waals surface area contributed by atoms with Crippen molar-refractivity contribution in [3.8, 4) is 5.75 Å². The number of hydrogen-bond donors (Lipinski definition) is 2. The molecule has 0 radical (unpaired) electrons. The lowest BCUT2D eigenvalue weighted by atomic mass is 9.87. The first kappa shape index (κ1) is 18.8. The first-order valence-corrected chi connectivity index (χ1v) is 8.21. The average molecular weight is 361 g/mol. The topological polar surface area (TPSA) is 67.4 Å². The van der Waals surface area contributed by atoms with E-state index in [1.165, 1.54) is 11.6 Å². The van der Waals surface area contributed by atoms with Gasteiger partial charge in [0.15, 0.2) is 6.61 Å². The Kier molecular flexibility index (Phi) is 6.04. The highest BCUT2D eigenvalue weighted by molar-refractivity contribution is 6.30. The Balaban J connectivity index is 1.80. The van der Waals surface area contributed by atoms with Crippen LogP contribution in [0, 0.1) is 0 Å². The van der Waals surface area contributed by atoms with E-state index in [4.69, 9.17) is 16.3 Å². The summed E-state index contributed by atoms with van der Waals surface area (Å²) in [4.78, 5) is 23.7. The number of amides is 2. The molecular formula is C19H21ClN2O3. The lowest BCUT2D eigenvalue weighted by Crippen LogP contribution is -2.43. The van der Waals surface area contributed by atoms with Gasteiger partial charge in [0.1, 0.15) is 5.75 Å². The molecule has 0 aliphatic rings. The summed E-state index contributed by atoms with van der Waals surface area (Å²) in [5, 5.41) is 0.445. The molecule has 132 valence electrons. The number of hydrazine groups is 1. The Bertz CT molecular complexity index is 752. The van der Waals surface area contributed by atoms with E-state index in [1.54, 1.807) is 18.2 Å². The predicted octanol–water partition coefficient (Wildman–Crippen LogP) is 3.48. The Morgan fingerprint density at radius 2 is 1.72 bits per heavy atom. The Hall–Kier alpha value is -2.53. The van der Waals surface area contributed by atoms with Crippen molar-refractivity contribution < 1.29 is 14.3 Å². The molecule has 2 aromatic rings. The average Bonchev–Trinajstić information content (AvgIpc) is 2.57. The number of nitrogens with one attached hydrogen (secondary N) is 2. The molecule has 25 heavy (non-hydrogen) atoms. The quantitative estimate of drug-likeness (QED) is 0.820. The summed E-state index contributed by atoms with van der Waals surface area (Å²) in [6.45, 7) is 6.17. The van der Waals surface area contributed by atoms with Crippen molar-refractivity contribution >= 4 is 23.4 Å². The van der Waals surface area contributed by atoms with E-state index in [0.717, 1.165) is 0 Å². The molecule has 0 spiro atoms. The number of rotatable bonds is 4. The van der Waals surface area contributed by atoms with E-state index in [2.05, 4.69) is 31.6 Å². The summed E-state index contributed by atoms with van der Waals surface area (Å²) in [5.74, 6) is -0.329. The molecule has 0 heterocycles. The smallest absolute Gasteiger partial charge is 0.276 e. The van der Waals surface area contributed by atoms with Crippen LogP contribution in [0.15, 0.2) is 48.5 Å². The standard InChI is InChI=1S/C19H21ClN2O3/c1-19(2,3)14-7-9-16(10-8-14)25-12-17(23)21-22-18(24)13-5-4-6-15(20)11-13/h4-11H,12H2,1-3H3,(H,21,23)(H,22,24). The second-order valence-electron chi connectivity index (χ2n) is 6.58. The number of carbonyl (C=O) groups is 2. The van der Waals surface area contributed by atoms with E-state index in [9.17, 15) is 9.59 Å². The van der Waals surface area contributed by atoms with Crippen LogP contribution in [0.25, 0.3) is 0 Å². The molecular weight excluding hydrogens is 340 g/mol. The van der Waals surface area contributed by atoms with Crippen molar-refractivity contribution in [1.29, 1.82) is 0 Å². The lowest BCUT2D eigenvalue weighted by molar-refractivity contribution is -0.123. The van der Waals surface area contributed by atoms with Gasteiger partial charge in [-0.3, -0.25) is 20.4 Å². The van der Waals surface area contributed by atoms with Gasteiger partial charge in [-0.1, -0.05) is 50.6 Å². The fourth-order valence-corrected chi connectivity index (χ4v) is 2.25. The number of hydrogen-bond acceptors (Lipinski definition) is 3. The summed E-state index contributed by atoms with van der Waals surface area (Å²) >= 11 is 5.82. The van der Waals surface area contributed by atoms with Gasteiger partial charge in [0, 0.05) is 10.6 Å². The van der Waals surface area contributed by atoms with E-state index < -0.39 is 11.8 Å². The summed E-state index contributed by atoms with van der Waals surface area (Å²) < 4.78 is 5.41. The van der Waals surface area contributed by atoms with Gasteiger partial charge < -0.3 is 4.74 Å². The minimum atomic E-state index is -0.463. The molecule has 0 fully saturated rings. The highest BCUT2D eigenvalue weighted by Crippen LogP contribution is 2.24. The first-order valence-electron chi connectivity index (χ1n) is 7.84. The Morgan fingerprint density at radius 1 is 1.04 bits per heavy atom. The predicted molar refractivity (Wildman–Crippen MR) is 97.7 cm³/mol. The molecule has 0 saturated heterocycles. The van der Waals surface area contributed by atoms with Gasteiger partial charge in [-0.05, 0) is 41.3 Å². The van der Waals surface area contributed by atoms with Gasteiger partial charge in [-0.15, -0.1) is 0 Å². The van der Waals surface area contributed by atoms with Gasteiger partial charge in [0.2, 0.25) is 0 Å². The van der Waals surface area contributed by atoms with Crippen molar-refractivity contribution in [1.82, 2.24) is 10.9 Å². The summed E-state index contributed by atoms with van der Waals surface area (Å²) in [6.07, 6.45) is 0. The molecule has 5 nitrogen and oxygen atoms in total. The number of carbonyl (C=O) groups excluding carboxylic acids is 2. The normalized spacial score (nSPS) is 10.9. The second-order valence-corrected chi connectivity index (χ2v) is 7.01. The molecule has 0 aromatic heterocycles. The van der Waals surface area contributed by atoms with Crippen molar-refractivity contribution in [2.24, 2.45) is 0 Å². The zero-order valence-corrected chi connectivity index (χ0v) is 15.2. The third-order valence-corrected chi connectivity index (χ3v) is 3.73. The van der Waals surface area contributed by atoms with Crippen molar-refractivity contribution in [2.45, 2.75) is 26.2 Å². The van der Waals surface area contributed by atoms with E-state index in [1.807, 2.05) is 24.3 Å². The van der Waals surface area contributed by atoms with E-state index in [-0.39, 0.29) is 12.0 Å². The summed E-state index contributed by atoms with van der Waals surface area (Å²) in [7, 11) is 0. The summed E-state index contributed by atoms with van der Waals surface area (Å²) in [6, 6.07) is 14.0. The van der Waals surface area contributed by atoms with Crippen molar-refractivity contribution in [3.05, 3.63) is 64.7 Å². The number of halogens is 1. The van der Waals surface area contributed by atoms with Crippen LogP contribution < -0.4 is 15.6 Å². The maximum Gasteiger partial charge on any atom is 0.276 e. The fraction of sp³-hybridized carbons (Fsp3) is 0.263. The van der Waals surface area contributed by atoms with Gasteiger partial charge in [0.05, 0.1) is 0 Å². The third kappa shape index (κ3) is 5.80. The molecule has 0 unspecified atom stereocenters. The van der Waals surface area contributed by atoms with Gasteiger partial charge >= 0.3 is 0 Å². The van der Waals surface area contributed by atoms with Crippen LogP contribution in [-0.4, -0.2) is 18.4 Å². The minimum Gasteiger partial charge on any atom is -0.484 e. The third-order valence-electron chi connectivity index (χ3n) is 3.49. The maximum absolute atomic E-state index is 11.9. The SMILES string of the molecule is CC(C)(C)c1ccc(OCC(=O)NNC(=O)c2cccc(Cl)c2)cc1. The van der Waals surface area contributed by atoms with Crippen LogP contribution in [-0.2, 0) is 10.2 Å². The van der Waals surface area contributed by atoms with E-state index >= 15 is 0 Å². The molecule has 0 atom stereocenters. The van der Waals surface area contributed by atoms with Crippen LogP contribution in [0.5, 0.6) is 5.75 Å². The number of benzene rings is 2. The molecule has 2 N–H and O–H groups in total. The van der Waals surface area contributed by atoms with Crippen LogP contribution in [0.2, 0.25) is 5.02 Å². The zero-order valence-electron chi connectivity index (χ0n) is 14.4. The van der Waals surface area contributed by atoms with Gasteiger partial charge in [-0.2, -0.15) is 0 Å². The van der Waals surface area contributed by atoms with Crippen LogP contribution in [0.4, 0.5) is 0 Å². The molecule has 0 aliphatic heterocycles. The summed E-state index contributed by atoms with van der Waals surface area (Å²) in [5.41, 5.74) is 6.20. The van der Waals surface area contributed by atoms with E-state index in [0.29, 0.717) is 16.3 Å². The van der Waals surface area contributed by atoms with Crippen molar-refractivity contribution in [3.63, 3.8) is 0 Å². The van der Waals surface area contributed by atoms with Crippen molar-refractivity contribution in [2.75, 3.05) is 6.61 Å². The lowest BCUT2D eigenvalue weighted by Gasteiger charge is -2.19. The zero-order chi connectivity index (χ0) is 18.4. The molecule has 0 aliphatic carbocycles. The second kappa shape index (κ2) is 8.03. The number of ether oxygens (including phenoxy) is 1. The van der Waals surface area contributed by atoms with Gasteiger partial charge in [-0.25, -0.2) is 0 Å². The van der Waals surface area contributed by atoms with Crippen LogP contribution >= 0.6 is 11.6 Å². The van der Waals surface area contributed by atoms with Crippen LogP contribution in [0.3, 0.4) is 0 Å². The molecule has 6 heteroatoms. The molecule has 2 rings (SSSR count). The van der Waals surface area contributed by atoms with Crippen LogP contribution in [0.1, 0.15) is 36.7 Å². The monoisotopic (exact) mass is 360 g/mol.